The Bertz CT molecular complexity index is 1070. The number of nitro groups is 2. The minimum absolute atomic E-state index is 0.0104. The van der Waals surface area contributed by atoms with E-state index in [4.69, 9.17) is 0 Å². The van der Waals surface area contributed by atoms with Crippen molar-refractivity contribution >= 4 is 34.4 Å². The highest BCUT2D eigenvalue weighted by Crippen LogP contribution is 2.33. The van der Waals surface area contributed by atoms with Crippen LogP contribution in [0, 0.1) is 34.1 Å². The zero-order valence-electron chi connectivity index (χ0n) is 15.0. The molecule has 0 saturated heterocycles. The first-order valence-electron chi connectivity index (χ1n) is 8.20. The zero-order valence-corrected chi connectivity index (χ0v) is 15.0. The average Bonchev–Trinajstić information content (AvgIpc) is 2.65. The van der Waals surface area contributed by atoms with Gasteiger partial charge in [0.25, 0.3) is 5.69 Å². The molecular formula is C18H16N6O4. The molecule has 0 saturated carbocycles. The smallest absolute Gasteiger partial charge is 0.334 e. The molecule has 3 aromatic rings. The Morgan fingerprint density at radius 3 is 2.04 bits per heavy atom. The van der Waals surface area contributed by atoms with Gasteiger partial charge in [0, 0.05) is 23.5 Å². The van der Waals surface area contributed by atoms with E-state index in [1.807, 2.05) is 26.0 Å². The molecule has 1 aromatic heterocycles. The molecule has 142 valence electrons. The van der Waals surface area contributed by atoms with E-state index in [0.29, 0.717) is 11.4 Å². The fourth-order valence-corrected chi connectivity index (χ4v) is 2.52. The van der Waals surface area contributed by atoms with E-state index in [2.05, 4.69) is 20.6 Å². The predicted molar refractivity (Wildman–Crippen MR) is 104 cm³/mol. The Hall–Kier alpha value is -4.08. The number of nitrogens with zero attached hydrogens (tertiary/aromatic N) is 4. The lowest BCUT2D eigenvalue weighted by Crippen LogP contribution is -2.05. The Balaban J connectivity index is 1.97. The van der Waals surface area contributed by atoms with Crippen LogP contribution in [0.1, 0.15) is 11.1 Å². The van der Waals surface area contributed by atoms with Crippen LogP contribution in [-0.2, 0) is 0 Å². The number of rotatable bonds is 6. The molecule has 10 heteroatoms. The van der Waals surface area contributed by atoms with Crippen molar-refractivity contribution in [2.45, 2.75) is 13.8 Å². The molecule has 2 aromatic carbocycles. The summed E-state index contributed by atoms with van der Waals surface area (Å²) in [7, 11) is 0. The second kappa shape index (κ2) is 7.66. The summed E-state index contributed by atoms with van der Waals surface area (Å²) < 4.78 is 0. The van der Waals surface area contributed by atoms with E-state index in [1.165, 1.54) is 24.5 Å². The van der Waals surface area contributed by atoms with Gasteiger partial charge < -0.3 is 10.6 Å². The summed E-state index contributed by atoms with van der Waals surface area (Å²) in [5.74, 6) is -0.0667. The number of aromatic nitrogens is 2. The van der Waals surface area contributed by atoms with Gasteiger partial charge >= 0.3 is 5.69 Å². The summed E-state index contributed by atoms with van der Waals surface area (Å²) >= 11 is 0. The van der Waals surface area contributed by atoms with Crippen LogP contribution in [0.25, 0.3) is 0 Å². The molecular weight excluding hydrogens is 364 g/mol. The number of hydrogen-bond acceptors (Lipinski definition) is 8. The predicted octanol–water partition coefficient (Wildman–Crippen LogP) is 4.40. The largest absolute Gasteiger partial charge is 0.353 e. The lowest BCUT2D eigenvalue weighted by molar-refractivity contribution is -0.384. The molecule has 0 amide bonds. The number of nitrogens with one attached hydrogen (secondary N) is 2. The molecule has 0 aliphatic rings. The maximum absolute atomic E-state index is 11.7. The first-order valence-corrected chi connectivity index (χ1v) is 8.20. The first-order chi connectivity index (χ1) is 13.3. The van der Waals surface area contributed by atoms with Crippen molar-refractivity contribution in [3.63, 3.8) is 0 Å². The highest BCUT2D eigenvalue weighted by molar-refractivity contribution is 5.77. The Kier molecular flexibility index (Phi) is 5.12. The molecule has 0 spiro atoms. The molecule has 0 aliphatic heterocycles. The van der Waals surface area contributed by atoms with E-state index < -0.39 is 9.85 Å². The third kappa shape index (κ3) is 4.01. The van der Waals surface area contributed by atoms with E-state index in [1.54, 1.807) is 12.1 Å². The van der Waals surface area contributed by atoms with E-state index in [9.17, 15) is 20.2 Å². The van der Waals surface area contributed by atoms with E-state index in [-0.39, 0.29) is 23.0 Å². The molecule has 28 heavy (non-hydrogen) atoms. The first kappa shape index (κ1) is 18.7. The summed E-state index contributed by atoms with van der Waals surface area (Å²) in [6, 6.07) is 11.2. The molecule has 0 atom stereocenters. The molecule has 3 rings (SSSR count). The fraction of sp³-hybridized carbons (Fsp3) is 0.111. The van der Waals surface area contributed by atoms with Gasteiger partial charge in [0.05, 0.1) is 9.85 Å². The van der Waals surface area contributed by atoms with Crippen LogP contribution in [0.2, 0.25) is 0 Å². The van der Waals surface area contributed by atoms with Crippen LogP contribution in [0.3, 0.4) is 0 Å². The maximum Gasteiger partial charge on any atom is 0.353 e. The summed E-state index contributed by atoms with van der Waals surface area (Å²) in [6.07, 6.45) is 1.18. The normalized spacial score (nSPS) is 10.4. The maximum atomic E-state index is 11.7. The molecule has 0 fully saturated rings. The van der Waals surface area contributed by atoms with Crippen LogP contribution in [-0.4, -0.2) is 19.8 Å². The molecule has 10 nitrogen and oxygen atoms in total. The van der Waals surface area contributed by atoms with Gasteiger partial charge in [0.1, 0.15) is 6.33 Å². The standard InChI is InChI=1S/C18H16N6O4/c1-11-6-7-14(8-12(11)2)22-18-16(24(27)28)17(19-10-20-18)21-13-4-3-5-15(9-13)23(25)26/h3-10H,1-2H3,(H2,19,20,21,22). The lowest BCUT2D eigenvalue weighted by Gasteiger charge is -2.11. The van der Waals surface area contributed by atoms with Crippen LogP contribution < -0.4 is 10.6 Å². The average molecular weight is 380 g/mol. The molecule has 0 radical (unpaired) electrons. The van der Waals surface area contributed by atoms with Crippen molar-refractivity contribution in [1.29, 1.82) is 0 Å². The third-order valence-corrected chi connectivity index (χ3v) is 4.09. The summed E-state index contributed by atoms with van der Waals surface area (Å²) in [5, 5.41) is 28.3. The van der Waals surface area contributed by atoms with Gasteiger partial charge in [-0.05, 0) is 43.2 Å². The van der Waals surface area contributed by atoms with Gasteiger partial charge in [-0.2, -0.15) is 0 Å². The molecule has 2 N–H and O–H groups in total. The fourth-order valence-electron chi connectivity index (χ4n) is 2.52. The number of aryl methyl sites for hydroxylation is 2. The van der Waals surface area contributed by atoms with Gasteiger partial charge in [-0.25, -0.2) is 9.97 Å². The van der Waals surface area contributed by atoms with Gasteiger partial charge in [-0.15, -0.1) is 0 Å². The highest BCUT2D eigenvalue weighted by atomic mass is 16.6. The van der Waals surface area contributed by atoms with Crippen molar-refractivity contribution in [2.24, 2.45) is 0 Å². The number of nitro benzene ring substituents is 1. The van der Waals surface area contributed by atoms with Crippen molar-refractivity contribution in [2.75, 3.05) is 10.6 Å². The van der Waals surface area contributed by atoms with Crippen molar-refractivity contribution in [1.82, 2.24) is 9.97 Å². The van der Waals surface area contributed by atoms with Crippen molar-refractivity contribution < 1.29 is 9.85 Å². The van der Waals surface area contributed by atoms with Gasteiger partial charge in [-0.1, -0.05) is 12.1 Å². The number of benzene rings is 2. The second-order valence-corrected chi connectivity index (χ2v) is 6.03. The minimum atomic E-state index is -0.608. The van der Waals surface area contributed by atoms with Crippen LogP contribution in [0.15, 0.2) is 48.8 Å². The van der Waals surface area contributed by atoms with Gasteiger partial charge in [-0.3, -0.25) is 20.2 Å². The highest BCUT2D eigenvalue weighted by Gasteiger charge is 2.23. The topological polar surface area (TPSA) is 136 Å². The van der Waals surface area contributed by atoms with E-state index >= 15 is 0 Å². The molecule has 0 unspecified atom stereocenters. The zero-order chi connectivity index (χ0) is 20.3. The molecule has 0 bridgehead atoms. The molecule has 0 aliphatic carbocycles. The van der Waals surface area contributed by atoms with Crippen LogP contribution in [0.4, 0.5) is 34.4 Å². The Labute approximate surface area is 159 Å². The number of anilines is 4. The van der Waals surface area contributed by atoms with E-state index in [0.717, 1.165) is 11.1 Å². The monoisotopic (exact) mass is 380 g/mol. The second-order valence-electron chi connectivity index (χ2n) is 6.03. The van der Waals surface area contributed by atoms with Gasteiger partial charge in [0.2, 0.25) is 11.6 Å². The number of non-ortho nitro benzene ring substituents is 1. The van der Waals surface area contributed by atoms with Gasteiger partial charge in [0.15, 0.2) is 0 Å². The lowest BCUT2D eigenvalue weighted by atomic mass is 10.1. The summed E-state index contributed by atoms with van der Waals surface area (Å²) in [5.41, 5.74) is 2.55. The summed E-state index contributed by atoms with van der Waals surface area (Å²) in [6.45, 7) is 3.90. The van der Waals surface area contributed by atoms with Crippen LogP contribution >= 0.6 is 0 Å². The minimum Gasteiger partial charge on any atom is -0.334 e. The third-order valence-electron chi connectivity index (χ3n) is 4.09. The summed E-state index contributed by atoms with van der Waals surface area (Å²) in [4.78, 5) is 29.3. The SMILES string of the molecule is Cc1ccc(Nc2ncnc(Nc3cccc([N+](=O)[O-])c3)c2[N+](=O)[O-])cc1C. The quantitative estimate of drug-likeness (QED) is 0.474. The van der Waals surface area contributed by atoms with Crippen molar-refractivity contribution in [3.8, 4) is 0 Å². The Morgan fingerprint density at radius 2 is 1.46 bits per heavy atom. The van der Waals surface area contributed by atoms with Crippen molar-refractivity contribution in [3.05, 3.63) is 80.1 Å². The Morgan fingerprint density at radius 1 is 0.821 bits per heavy atom. The van der Waals surface area contributed by atoms with Crippen LogP contribution in [0.5, 0.6) is 0 Å². The number of hydrogen-bond donors (Lipinski definition) is 2. The molecule has 1 heterocycles.